The van der Waals surface area contributed by atoms with Crippen LogP contribution < -0.4 is 19.5 Å². The van der Waals surface area contributed by atoms with Gasteiger partial charge in [-0.25, -0.2) is 9.97 Å². The predicted octanol–water partition coefficient (Wildman–Crippen LogP) is 4.89. The molecule has 60 heavy (non-hydrogen) atoms. The molecule has 0 bridgehead atoms. The highest BCUT2D eigenvalue weighted by Crippen LogP contribution is 2.34. The number of nitrogens with zero attached hydrogens (tertiary/aromatic N) is 6. The van der Waals surface area contributed by atoms with Gasteiger partial charge in [0, 0.05) is 72.8 Å². The van der Waals surface area contributed by atoms with Crippen molar-refractivity contribution in [3.63, 3.8) is 0 Å². The summed E-state index contributed by atoms with van der Waals surface area (Å²) in [7, 11) is 2.06. The Hall–Kier alpha value is -7.62. The second-order valence-electron chi connectivity index (χ2n) is 14.6. The van der Waals surface area contributed by atoms with Crippen molar-refractivity contribution in [2.45, 2.75) is 43.9 Å². The SMILES string of the molecule is Cn1c2ccncc2c2ccc(-c3ccc(O[C@H]4C[C@H](Oc5cnc(C#CCOCCOc6ccc7c(c6)C(=O)N([C@H]6CCC(=O)NC6=O)C7=O)cc5C#N)C4)nc3)cc21. The molecule has 0 spiro atoms. The maximum absolute atomic E-state index is 13.0. The summed E-state index contributed by atoms with van der Waals surface area (Å²) in [5, 5.41) is 14.2. The number of amides is 4. The Bertz CT molecular complexity index is 2830. The fraction of sp³-hybridized carbons (Fsp3) is 0.244. The number of fused-ring (bicyclic) bond motifs is 4. The van der Waals surface area contributed by atoms with Crippen LogP contribution in [0, 0.1) is 23.2 Å². The van der Waals surface area contributed by atoms with Crippen LogP contribution in [0.4, 0.5) is 0 Å². The third-order valence-electron chi connectivity index (χ3n) is 10.8. The molecule has 1 saturated heterocycles. The van der Waals surface area contributed by atoms with Crippen LogP contribution in [-0.2, 0) is 21.4 Å². The first-order valence-corrected chi connectivity index (χ1v) is 19.3. The summed E-state index contributed by atoms with van der Waals surface area (Å²) in [6.45, 7) is 0.393. The van der Waals surface area contributed by atoms with Crippen molar-refractivity contribution in [3.05, 3.63) is 108 Å². The summed E-state index contributed by atoms with van der Waals surface area (Å²) in [5.74, 6) is 4.72. The predicted molar refractivity (Wildman–Crippen MR) is 215 cm³/mol. The number of nitrogens with one attached hydrogen (secondary N) is 1. The van der Waals surface area contributed by atoms with Crippen molar-refractivity contribution in [1.29, 1.82) is 5.26 Å². The zero-order chi connectivity index (χ0) is 41.3. The Morgan fingerprint density at radius 1 is 0.833 bits per heavy atom. The highest BCUT2D eigenvalue weighted by molar-refractivity contribution is 6.23. The number of aryl methyl sites for hydroxylation is 1. The molecule has 3 aliphatic rings. The Morgan fingerprint density at radius 3 is 2.48 bits per heavy atom. The van der Waals surface area contributed by atoms with Crippen LogP contribution in [0.1, 0.15) is 57.7 Å². The summed E-state index contributed by atoms with van der Waals surface area (Å²) in [6, 6.07) is 19.5. The normalized spacial score (nSPS) is 18.3. The lowest BCUT2D eigenvalue weighted by Crippen LogP contribution is -2.54. The van der Waals surface area contributed by atoms with Gasteiger partial charge in [-0.3, -0.25) is 34.4 Å². The minimum absolute atomic E-state index is 0.0432. The molecule has 6 heterocycles. The smallest absolute Gasteiger partial charge is 0.262 e. The number of piperidine rings is 1. The summed E-state index contributed by atoms with van der Waals surface area (Å²) in [6.07, 6.45) is 8.21. The van der Waals surface area contributed by atoms with Gasteiger partial charge in [-0.05, 0) is 60.4 Å². The molecule has 9 rings (SSSR count). The Kier molecular flexibility index (Phi) is 10.1. The maximum Gasteiger partial charge on any atom is 0.262 e. The molecule has 1 N–H and O–H groups in total. The largest absolute Gasteiger partial charge is 0.491 e. The fourth-order valence-electron chi connectivity index (χ4n) is 7.61. The van der Waals surface area contributed by atoms with Gasteiger partial charge < -0.3 is 23.5 Å². The summed E-state index contributed by atoms with van der Waals surface area (Å²) in [4.78, 5) is 63.8. The first-order valence-electron chi connectivity index (χ1n) is 19.3. The van der Waals surface area contributed by atoms with Gasteiger partial charge >= 0.3 is 0 Å². The minimum atomic E-state index is -1.04. The number of hydrogen-bond acceptors (Lipinski definition) is 12. The van der Waals surface area contributed by atoms with Crippen molar-refractivity contribution in [1.82, 2.24) is 29.7 Å². The zero-order valence-corrected chi connectivity index (χ0v) is 32.2. The number of carbonyl (C=O) groups excluding carboxylic acids is 4. The number of hydrogen-bond donors (Lipinski definition) is 1. The average Bonchev–Trinajstić information content (AvgIpc) is 3.67. The fourth-order valence-corrected chi connectivity index (χ4v) is 7.61. The molecule has 15 heteroatoms. The van der Waals surface area contributed by atoms with Crippen molar-refractivity contribution in [3.8, 4) is 46.4 Å². The lowest BCUT2D eigenvalue weighted by Gasteiger charge is -2.35. The lowest BCUT2D eigenvalue weighted by atomic mass is 9.92. The summed E-state index contributed by atoms with van der Waals surface area (Å²) < 4.78 is 25.6. The van der Waals surface area contributed by atoms with E-state index in [4.69, 9.17) is 18.9 Å². The highest BCUT2D eigenvalue weighted by atomic mass is 16.5. The van der Waals surface area contributed by atoms with Crippen molar-refractivity contribution < 1.29 is 38.1 Å². The second kappa shape index (κ2) is 16.0. The van der Waals surface area contributed by atoms with Crippen LogP contribution in [0.15, 0.2) is 85.5 Å². The van der Waals surface area contributed by atoms with Gasteiger partial charge in [-0.15, -0.1) is 0 Å². The van der Waals surface area contributed by atoms with Crippen molar-refractivity contribution in [2.24, 2.45) is 7.05 Å². The molecular weight excluding hydrogens is 767 g/mol. The molecule has 1 aliphatic carbocycles. The number of ether oxygens (including phenoxy) is 4. The van der Waals surface area contributed by atoms with E-state index in [1.807, 2.05) is 30.6 Å². The third-order valence-corrected chi connectivity index (χ3v) is 10.8. The quantitative estimate of drug-likeness (QED) is 0.106. The number of aromatic nitrogens is 4. The molecule has 6 aromatic rings. The summed E-state index contributed by atoms with van der Waals surface area (Å²) in [5.41, 5.74) is 5.31. The second-order valence-corrected chi connectivity index (χ2v) is 14.6. The van der Waals surface area contributed by atoms with Gasteiger partial charge in [0.1, 0.15) is 49.0 Å². The third kappa shape index (κ3) is 7.34. The molecule has 15 nitrogen and oxygen atoms in total. The Labute approximate surface area is 342 Å². The number of imide groups is 2. The summed E-state index contributed by atoms with van der Waals surface area (Å²) >= 11 is 0. The molecule has 4 amide bonds. The average molecular weight is 802 g/mol. The number of rotatable bonds is 11. The van der Waals surface area contributed by atoms with E-state index in [-0.39, 0.29) is 56.0 Å². The van der Waals surface area contributed by atoms with Crippen LogP contribution >= 0.6 is 0 Å². The molecular formula is C45H35N7O8. The molecule has 0 unspecified atom stereocenters. The molecule has 2 aliphatic heterocycles. The van der Waals surface area contributed by atoms with Crippen LogP contribution in [0.25, 0.3) is 32.9 Å². The van der Waals surface area contributed by atoms with E-state index in [1.165, 1.54) is 18.3 Å². The van der Waals surface area contributed by atoms with Crippen LogP contribution in [0.5, 0.6) is 17.4 Å². The van der Waals surface area contributed by atoms with Crippen molar-refractivity contribution >= 4 is 45.4 Å². The zero-order valence-electron chi connectivity index (χ0n) is 32.2. The van der Waals surface area contributed by atoms with Gasteiger partial charge in [-0.2, -0.15) is 5.26 Å². The van der Waals surface area contributed by atoms with Gasteiger partial charge in [0.25, 0.3) is 11.8 Å². The Balaban J connectivity index is 0.710. The van der Waals surface area contributed by atoms with Crippen LogP contribution in [-0.4, -0.2) is 86.1 Å². The number of pyridine rings is 3. The molecule has 0 radical (unpaired) electrons. The number of benzene rings is 2. The monoisotopic (exact) mass is 801 g/mol. The van der Waals surface area contributed by atoms with E-state index in [2.05, 4.69) is 68.0 Å². The first-order chi connectivity index (χ1) is 29.2. The van der Waals surface area contributed by atoms with E-state index in [1.54, 1.807) is 18.3 Å². The van der Waals surface area contributed by atoms with E-state index < -0.39 is 29.7 Å². The molecule has 2 aromatic carbocycles. The van der Waals surface area contributed by atoms with E-state index in [9.17, 15) is 24.4 Å². The van der Waals surface area contributed by atoms with Gasteiger partial charge in [0.05, 0.1) is 35.0 Å². The molecule has 2 fully saturated rings. The topological polar surface area (TPSA) is 188 Å². The standard InChI is InChI=1S/C45H35N7O8/c1-51-37-12-13-47-24-36(37)33-7-4-26(18-39(33)51)27-5-11-42(49-23-27)60-32-19-31(20-32)59-40-25-48-29(17-28(40)22-46)3-2-14-57-15-16-58-30-6-8-34-35(21-30)45(56)52(44(34)55)38-9-10-41(53)50-43(38)54/h4-8,11-13,17-18,21,23-25,31-32,38H,9-10,14-16,19-20H2,1H3,(H,50,53,54)/t31-,32-,38-/m0/s1. The van der Waals surface area contributed by atoms with Gasteiger partial charge in [0.15, 0.2) is 5.75 Å². The molecule has 1 saturated carbocycles. The molecule has 298 valence electrons. The van der Waals surface area contributed by atoms with Gasteiger partial charge in [0.2, 0.25) is 17.7 Å². The number of nitriles is 1. The maximum atomic E-state index is 13.0. The Morgan fingerprint density at radius 2 is 1.67 bits per heavy atom. The van der Waals surface area contributed by atoms with E-state index in [0.717, 1.165) is 37.8 Å². The van der Waals surface area contributed by atoms with Crippen LogP contribution in [0.3, 0.4) is 0 Å². The van der Waals surface area contributed by atoms with E-state index >= 15 is 0 Å². The lowest BCUT2D eigenvalue weighted by molar-refractivity contribution is -0.136. The van der Waals surface area contributed by atoms with Gasteiger partial charge in [-0.1, -0.05) is 18.1 Å². The van der Waals surface area contributed by atoms with E-state index in [0.29, 0.717) is 41.5 Å². The number of carbonyl (C=O) groups is 4. The molecule has 1 atom stereocenters. The van der Waals surface area contributed by atoms with Crippen molar-refractivity contribution in [2.75, 3.05) is 19.8 Å². The van der Waals surface area contributed by atoms with Crippen LogP contribution in [0.2, 0.25) is 0 Å². The highest BCUT2D eigenvalue weighted by Gasteiger charge is 2.44. The molecule has 4 aromatic heterocycles. The first kappa shape index (κ1) is 37.9. The minimum Gasteiger partial charge on any atom is -0.491 e.